The van der Waals surface area contributed by atoms with E-state index < -0.39 is 15.9 Å². The molecule has 1 atom stereocenters. The highest BCUT2D eigenvalue weighted by Crippen LogP contribution is 2.29. The Labute approximate surface area is 181 Å². The number of benzene rings is 2. The van der Waals surface area contributed by atoms with Gasteiger partial charge in [-0.15, -0.1) is 0 Å². The normalized spacial score (nSPS) is 17.4. The number of rotatable bonds is 5. The lowest BCUT2D eigenvalue weighted by molar-refractivity contribution is -0.114. The van der Waals surface area contributed by atoms with Crippen LogP contribution >= 0.6 is 11.6 Å². The van der Waals surface area contributed by atoms with Gasteiger partial charge < -0.3 is 10.6 Å². The van der Waals surface area contributed by atoms with Crippen molar-refractivity contribution in [1.82, 2.24) is 4.31 Å². The number of nitrogens with one attached hydrogen (secondary N) is 2. The van der Waals surface area contributed by atoms with E-state index in [4.69, 9.17) is 11.6 Å². The molecule has 2 aromatic rings. The molecule has 30 heavy (non-hydrogen) atoms. The first-order chi connectivity index (χ1) is 14.2. The number of carbonyl (C=O) groups is 2. The van der Waals surface area contributed by atoms with Crippen molar-refractivity contribution < 1.29 is 18.0 Å². The highest BCUT2D eigenvalue weighted by atomic mass is 35.5. The Balaban J connectivity index is 1.80. The molecular weight excluding hydrogens is 426 g/mol. The Hall–Kier alpha value is -2.42. The van der Waals surface area contributed by atoms with Gasteiger partial charge in [-0.25, -0.2) is 8.42 Å². The van der Waals surface area contributed by atoms with Crippen LogP contribution in [0, 0.1) is 5.92 Å². The minimum atomic E-state index is -3.79. The van der Waals surface area contributed by atoms with Crippen molar-refractivity contribution in [2.45, 2.75) is 31.6 Å². The maximum atomic E-state index is 13.1. The summed E-state index contributed by atoms with van der Waals surface area (Å²) in [7, 11) is -3.79. The molecule has 1 fully saturated rings. The van der Waals surface area contributed by atoms with Crippen molar-refractivity contribution in [3.63, 3.8) is 0 Å². The van der Waals surface area contributed by atoms with Gasteiger partial charge in [-0.05, 0) is 61.2 Å². The molecule has 9 heteroatoms. The molecular formula is C21H24ClN3O4S. The number of piperidine rings is 1. The Morgan fingerprint density at radius 3 is 2.30 bits per heavy atom. The van der Waals surface area contributed by atoms with Gasteiger partial charge in [-0.3, -0.25) is 9.59 Å². The molecule has 7 nitrogen and oxygen atoms in total. The molecule has 0 aliphatic carbocycles. The zero-order valence-corrected chi connectivity index (χ0v) is 18.4. The number of nitrogens with zero attached hydrogens (tertiary/aromatic N) is 1. The van der Waals surface area contributed by atoms with Crippen LogP contribution in [0.1, 0.15) is 37.0 Å². The van der Waals surface area contributed by atoms with Crippen LogP contribution in [0.25, 0.3) is 0 Å². The first-order valence-electron chi connectivity index (χ1n) is 9.65. The summed E-state index contributed by atoms with van der Waals surface area (Å²) < 4.78 is 27.6. The average Bonchev–Trinajstić information content (AvgIpc) is 2.69. The summed E-state index contributed by atoms with van der Waals surface area (Å²) >= 11 is 6.19. The summed E-state index contributed by atoms with van der Waals surface area (Å²) in [5, 5.41) is 5.45. The minimum absolute atomic E-state index is 0.0630. The van der Waals surface area contributed by atoms with Crippen molar-refractivity contribution in [1.29, 1.82) is 0 Å². The third-order valence-corrected chi connectivity index (χ3v) is 7.24. The Morgan fingerprint density at radius 2 is 1.70 bits per heavy atom. The van der Waals surface area contributed by atoms with Gasteiger partial charge in [0.2, 0.25) is 15.9 Å². The molecule has 0 bridgehead atoms. The highest BCUT2D eigenvalue weighted by Gasteiger charge is 2.30. The molecule has 3 rings (SSSR count). The second kappa shape index (κ2) is 9.16. The molecule has 2 aromatic carbocycles. The number of anilines is 2. The Kier molecular flexibility index (Phi) is 6.80. The number of sulfonamides is 1. The molecule has 1 aliphatic heterocycles. The lowest BCUT2D eigenvalue weighted by Gasteiger charge is -2.30. The van der Waals surface area contributed by atoms with Crippen molar-refractivity contribution in [3.05, 3.63) is 53.1 Å². The van der Waals surface area contributed by atoms with Crippen molar-refractivity contribution in [2.24, 2.45) is 5.92 Å². The topological polar surface area (TPSA) is 95.6 Å². The molecule has 1 saturated heterocycles. The van der Waals surface area contributed by atoms with E-state index in [1.54, 1.807) is 24.3 Å². The fraction of sp³-hybridized carbons (Fsp3) is 0.333. The minimum Gasteiger partial charge on any atom is -0.326 e. The van der Waals surface area contributed by atoms with E-state index in [0.29, 0.717) is 24.5 Å². The smallest absolute Gasteiger partial charge is 0.255 e. The number of amides is 2. The van der Waals surface area contributed by atoms with E-state index in [1.165, 1.54) is 29.4 Å². The number of carbonyl (C=O) groups excluding carboxylic acids is 2. The SMILES string of the molecule is CC(=O)Nc1ccc(NC(=O)c2ccc(Cl)c(S(=O)(=O)N3CCC[C@H](C)C3)c2)cc1. The van der Waals surface area contributed by atoms with Gasteiger partial charge in [-0.1, -0.05) is 18.5 Å². The molecule has 1 aliphatic rings. The number of hydrogen-bond acceptors (Lipinski definition) is 4. The van der Waals surface area contributed by atoms with Gasteiger partial charge in [0, 0.05) is 37.0 Å². The van der Waals surface area contributed by atoms with Gasteiger partial charge in [0.1, 0.15) is 4.90 Å². The lowest BCUT2D eigenvalue weighted by atomic mass is 10.0. The van der Waals surface area contributed by atoms with Crippen LogP contribution < -0.4 is 10.6 Å². The Bertz CT molecular complexity index is 1050. The van der Waals surface area contributed by atoms with Gasteiger partial charge in [0.25, 0.3) is 5.91 Å². The van der Waals surface area contributed by atoms with Crippen molar-refractivity contribution in [3.8, 4) is 0 Å². The third kappa shape index (κ3) is 5.19. The summed E-state index contributed by atoms with van der Waals surface area (Å²) in [5.74, 6) is -0.369. The quantitative estimate of drug-likeness (QED) is 0.721. The fourth-order valence-corrected chi connectivity index (χ4v) is 5.49. The van der Waals surface area contributed by atoms with E-state index in [0.717, 1.165) is 12.8 Å². The van der Waals surface area contributed by atoms with Crippen LogP contribution in [0.3, 0.4) is 0 Å². The summed E-state index contributed by atoms with van der Waals surface area (Å²) in [6, 6.07) is 10.8. The van der Waals surface area contributed by atoms with Crippen molar-refractivity contribution in [2.75, 3.05) is 23.7 Å². The third-order valence-electron chi connectivity index (χ3n) is 4.89. The standard InChI is InChI=1S/C21H24ClN3O4S/c1-14-4-3-11-25(13-14)30(28,29)20-12-16(5-10-19(20)22)21(27)24-18-8-6-17(7-9-18)23-15(2)26/h5-10,12,14H,3-4,11,13H2,1-2H3,(H,23,26)(H,24,27)/t14-/m0/s1. The fourth-order valence-electron chi connectivity index (χ4n) is 3.39. The molecule has 0 saturated carbocycles. The van der Waals surface area contributed by atoms with Crippen LogP contribution in [0.5, 0.6) is 0 Å². The zero-order chi connectivity index (χ0) is 21.9. The maximum absolute atomic E-state index is 13.1. The molecule has 160 valence electrons. The summed E-state index contributed by atoms with van der Waals surface area (Å²) in [6.07, 6.45) is 1.79. The zero-order valence-electron chi connectivity index (χ0n) is 16.8. The van der Waals surface area contributed by atoms with Crippen LogP contribution in [-0.2, 0) is 14.8 Å². The molecule has 0 aromatic heterocycles. The monoisotopic (exact) mass is 449 g/mol. The van der Waals surface area contributed by atoms with Gasteiger partial charge in [-0.2, -0.15) is 4.31 Å². The first kappa shape index (κ1) is 22.3. The molecule has 2 N–H and O–H groups in total. The Morgan fingerprint density at radius 1 is 1.07 bits per heavy atom. The van der Waals surface area contributed by atoms with Crippen LogP contribution in [0.4, 0.5) is 11.4 Å². The molecule has 0 spiro atoms. The predicted octanol–water partition coefficient (Wildman–Crippen LogP) is 3.97. The van der Waals surface area contributed by atoms with Crippen LogP contribution in [0.2, 0.25) is 5.02 Å². The van der Waals surface area contributed by atoms with E-state index in [9.17, 15) is 18.0 Å². The van der Waals surface area contributed by atoms with Crippen LogP contribution in [-0.4, -0.2) is 37.6 Å². The second-order valence-corrected chi connectivity index (χ2v) is 9.78. The first-order valence-corrected chi connectivity index (χ1v) is 11.5. The largest absolute Gasteiger partial charge is 0.326 e. The number of halogens is 1. The average molecular weight is 450 g/mol. The van der Waals surface area contributed by atoms with Gasteiger partial charge >= 0.3 is 0 Å². The van der Waals surface area contributed by atoms with Crippen molar-refractivity contribution >= 4 is 44.8 Å². The number of hydrogen-bond donors (Lipinski definition) is 2. The maximum Gasteiger partial charge on any atom is 0.255 e. The molecule has 0 unspecified atom stereocenters. The molecule has 2 amide bonds. The molecule has 0 radical (unpaired) electrons. The van der Waals surface area contributed by atoms with E-state index in [2.05, 4.69) is 10.6 Å². The summed E-state index contributed by atoms with van der Waals surface area (Å²) in [6.45, 7) is 4.31. The lowest BCUT2D eigenvalue weighted by Crippen LogP contribution is -2.39. The highest BCUT2D eigenvalue weighted by molar-refractivity contribution is 7.89. The van der Waals surface area contributed by atoms with Gasteiger partial charge in [0.15, 0.2) is 0 Å². The summed E-state index contributed by atoms with van der Waals surface area (Å²) in [5.41, 5.74) is 1.31. The molecule has 1 heterocycles. The van der Waals surface area contributed by atoms with Crippen LogP contribution in [0.15, 0.2) is 47.4 Å². The van der Waals surface area contributed by atoms with E-state index >= 15 is 0 Å². The predicted molar refractivity (Wildman–Crippen MR) is 117 cm³/mol. The van der Waals surface area contributed by atoms with E-state index in [-0.39, 0.29) is 27.3 Å². The van der Waals surface area contributed by atoms with Gasteiger partial charge in [0.05, 0.1) is 5.02 Å². The summed E-state index contributed by atoms with van der Waals surface area (Å²) in [4.78, 5) is 23.7. The second-order valence-electron chi connectivity index (χ2n) is 7.47. The van der Waals surface area contributed by atoms with E-state index in [1.807, 2.05) is 6.92 Å².